The van der Waals surface area contributed by atoms with Crippen molar-refractivity contribution in [1.82, 2.24) is 0 Å². The first-order chi connectivity index (χ1) is 9.90. The van der Waals surface area contributed by atoms with Crippen molar-refractivity contribution in [3.8, 4) is 0 Å². The molecule has 1 aromatic rings. The molecule has 1 unspecified atom stereocenters. The maximum atomic E-state index is 11.2. The van der Waals surface area contributed by atoms with Crippen LogP contribution >= 0.6 is 0 Å². The van der Waals surface area contributed by atoms with Crippen LogP contribution in [0, 0.1) is 16.0 Å². The summed E-state index contributed by atoms with van der Waals surface area (Å²) in [6.45, 7) is 3.44. The molecule has 7 heteroatoms. The average molecular weight is 292 g/mol. The van der Waals surface area contributed by atoms with Gasteiger partial charge in [0.15, 0.2) is 0 Å². The molecule has 1 aliphatic rings. The monoisotopic (exact) mass is 292 g/mol. The summed E-state index contributed by atoms with van der Waals surface area (Å²) in [4.78, 5) is 23.9. The minimum atomic E-state index is -0.666. The van der Waals surface area contributed by atoms with Crippen molar-refractivity contribution in [2.75, 3.05) is 18.0 Å². The number of carbonyl (C=O) groups excluding carboxylic acids is 1. The molecule has 21 heavy (non-hydrogen) atoms. The van der Waals surface area contributed by atoms with E-state index in [1.807, 2.05) is 11.8 Å². The predicted octanol–water partition coefficient (Wildman–Crippen LogP) is 1.26. The Morgan fingerprint density at radius 3 is 2.52 bits per heavy atom. The van der Waals surface area contributed by atoms with Gasteiger partial charge < -0.3 is 16.4 Å². The van der Waals surface area contributed by atoms with Crippen LogP contribution in [0.15, 0.2) is 18.2 Å². The standard InChI is InChI=1S/C14H20N4O3/c1-9(15)10-4-6-17(7-5-10)12-3-2-11(14(16)19)8-13(12)18(20)21/h2-3,8-10H,4-7,15H2,1H3,(H2,16,19). The van der Waals surface area contributed by atoms with E-state index in [9.17, 15) is 14.9 Å². The quantitative estimate of drug-likeness (QED) is 0.640. The van der Waals surface area contributed by atoms with E-state index in [1.54, 1.807) is 6.07 Å². The Bertz CT molecular complexity index is 551. The van der Waals surface area contributed by atoms with Crippen LogP contribution in [0.25, 0.3) is 0 Å². The van der Waals surface area contributed by atoms with Crippen LogP contribution in [0.5, 0.6) is 0 Å². The van der Waals surface area contributed by atoms with Crippen molar-refractivity contribution >= 4 is 17.3 Å². The number of hydrogen-bond donors (Lipinski definition) is 2. The van der Waals surface area contributed by atoms with Gasteiger partial charge in [-0.25, -0.2) is 0 Å². The van der Waals surface area contributed by atoms with Gasteiger partial charge in [-0.15, -0.1) is 0 Å². The van der Waals surface area contributed by atoms with Crippen LogP contribution in [0.2, 0.25) is 0 Å². The number of carbonyl (C=O) groups is 1. The highest BCUT2D eigenvalue weighted by atomic mass is 16.6. The molecule has 2 rings (SSSR count). The van der Waals surface area contributed by atoms with E-state index in [0.29, 0.717) is 11.6 Å². The molecule has 1 heterocycles. The lowest BCUT2D eigenvalue weighted by molar-refractivity contribution is -0.384. The Morgan fingerprint density at radius 1 is 1.43 bits per heavy atom. The van der Waals surface area contributed by atoms with Gasteiger partial charge >= 0.3 is 0 Å². The molecule has 1 amide bonds. The Kier molecular flexibility index (Phi) is 4.42. The van der Waals surface area contributed by atoms with Crippen molar-refractivity contribution in [2.45, 2.75) is 25.8 Å². The van der Waals surface area contributed by atoms with Gasteiger partial charge in [0.05, 0.1) is 4.92 Å². The fourth-order valence-corrected chi connectivity index (χ4v) is 2.76. The van der Waals surface area contributed by atoms with Gasteiger partial charge in [0.25, 0.3) is 5.69 Å². The molecule has 1 aliphatic heterocycles. The van der Waals surface area contributed by atoms with Gasteiger partial charge in [-0.1, -0.05) is 0 Å². The molecule has 7 nitrogen and oxygen atoms in total. The summed E-state index contributed by atoms with van der Waals surface area (Å²) in [5, 5.41) is 11.2. The molecule has 4 N–H and O–H groups in total. The normalized spacial score (nSPS) is 17.5. The van der Waals surface area contributed by atoms with Crippen LogP contribution in [0.3, 0.4) is 0 Å². The highest BCUT2D eigenvalue weighted by molar-refractivity contribution is 5.94. The maximum Gasteiger partial charge on any atom is 0.293 e. The first kappa shape index (κ1) is 15.2. The number of nitro groups is 1. The van der Waals surface area contributed by atoms with E-state index in [2.05, 4.69) is 0 Å². The van der Waals surface area contributed by atoms with Gasteiger partial charge in [-0.2, -0.15) is 0 Å². The molecule has 0 radical (unpaired) electrons. The number of rotatable bonds is 4. The lowest BCUT2D eigenvalue weighted by Crippen LogP contribution is -2.40. The summed E-state index contributed by atoms with van der Waals surface area (Å²) in [5.41, 5.74) is 11.7. The molecule has 1 fully saturated rings. The van der Waals surface area contributed by atoms with E-state index in [4.69, 9.17) is 11.5 Å². The zero-order chi connectivity index (χ0) is 15.6. The molecule has 0 bridgehead atoms. The van der Waals surface area contributed by atoms with Crippen LogP contribution < -0.4 is 16.4 Å². The minimum Gasteiger partial charge on any atom is -0.366 e. The summed E-state index contributed by atoms with van der Waals surface area (Å²) in [6, 6.07) is 4.52. The summed E-state index contributed by atoms with van der Waals surface area (Å²) >= 11 is 0. The fraction of sp³-hybridized carbons (Fsp3) is 0.500. The van der Waals surface area contributed by atoms with Crippen molar-refractivity contribution in [3.63, 3.8) is 0 Å². The fourth-order valence-electron chi connectivity index (χ4n) is 2.76. The largest absolute Gasteiger partial charge is 0.366 e. The van der Waals surface area contributed by atoms with Gasteiger partial charge in [0.1, 0.15) is 5.69 Å². The van der Waals surface area contributed by atoms with Crippen molar-refractivity contribution < 1.29 is 9.72 Å². The lowest BCUT2D eigenvalue weighted by Gasteiger charge is -2.34. The molecule has 1 saturated heterocycles. The third-order valence-electron chi connectivity index (χ3n) is 4.08. The van der Waals surface area contributed by atoms with Gasteiger partial charge in [-0.3, -0.25) is 14.9 Å². The topological polar surface area (TPSA) is 115 Å². The molecule has 0 aliphatic carbocycles. The minimum absolute atomic E-state index is 0.0782. The lowest BCUT2D eigenvalue weighted by atomic mass is 9.90. The smallest absolute Gasteiger partial charge is 0.293 e. The Morgan fingerprint density at radius 2 is 2.05 bits per heavy atom. The van der Waals surface area contributed by atoms with Crippen LogP contribution in [-0.2, 0) is 0 Å². The Balaban J connectivity index is 2.24. The molecule has 0 spiro atoms. The predicted molar refractivity (Wildman–Crippen MR) is 80.2 cm³/mol. The van der Waals surface area contributed by atoms with E-state index in [1.165, 1.54) is 12.1 Å². The first-order valence-electron chi connectivity index (χ1n) is 6.99. The number of piperidine rings is 1. The SMILES string of the molecule is CC(N)C1CCN(c2ccc(C(N)=O)cc2[N+](=O)[O-])CC1. The second-order valence-electron chi connectivity index (χ2n) is 5.51. The van der Waals surface area contributed by atoms with E-state index >= 15 is 0 Å². The van der Waals surface area contributed by atoms with Crippen LogP contribution in [0.4, 0.5) is 11.4 Å². The van der Waals surface area contributed by atoms with Crippen LogP contribution in [0.1, 0.15) is 30.1 Å². The van der Waals surface area contributed by atoms with Crippen molar-refractivity contribution in [3.05, 3.63) is 33.9 Å². The summed E-state index contributed by atoms with van der Waals surface area (Å²) < 4.78 is 0. The molecule has 0 saturated carbocycles. The zero-order valence-corrected chi connectivity index (χ0v) is 12.0. The second-order valence-corrected chi connectivity index (χ2v) is 5.51. The highest BCUT2D eigenvalue weighted by Gasteiger charge is 2.26. The third-order valence-corrected chi connectivity index (χ3v) is 4.08. The van der Waals surface area contributed by atoms with Gasteiger partial charge in [0.2, 0.25) is 5.91 Å². The number of hydrogen-bond acceptors (Lipinski definition) is 5. The number of amides is 1. The summed E-state index contributed by atoms with van der Waals surface area (Å²) in [7, 11) is 0. The number of benzene rings is 1. The average Bonchev–Trinajstić information content (AvgIpc) is 2.46. The van der Waals surface area contributed by atoms with E-state index in [-0.39, 0.29) is 17.3 Å². The molecule has 0 aromatic heterocycles. The van der Waals surface area contributed by atoms with Gasteiger partial charge in [0, 0.05) is 30.8 Å². The van der Waals surface area contributed by atoms with E-state index < -0.39 is 10.8 Å². The van der Waals surface area contributed by atoms with Crippen molar-refractivity contribution in [1.29, 1.82) is 0 Å². The second kappa shape index (κ2) is 6.09. The Labute approximate surface area is 123 Å². The summed E-state index contributed by atoms with van der Waals surface area (Å²) in [5.74, 6) is -0.217. The highest BCUT2D eigenvalue weighted by Crippen LogP contribution is 2.32. The maximum absolute atomic E-state index is 11.2. The molecule has 1 atom stereocenters. The summed E-state index contributed by atoms with van der Waals surface area (Å²) in [6.07, 6.45) is 1.82. The molecular weight excluding hydrogens is 272 g/mol. The third kappa shape index (κ3) is 3.30. The number of nitro benzene ring substituents is 1. The number of nitrogens with zero attached hydrogens (tertiary/aromatic N) is 2. The molecule has 1 aromatic carbocycles. The molecule has 114 valence electrons. The number of primary amides is 1. The van der Waals surface area contributed by atoms with Crippen molar-refractivity contribution in [2.24, 2.45) is 17.4 Å². The van der Waals surface area contributed by atoms with Gasteiger partial charge in [-0.05, 0) is 37.8 Å². The molecular formula is C14H20N4O3. The van der Waals surface area contributed by atoms with Crippen LogP contribution in [-0.4, -0.2) is 30.0 Å². The number of nitrogens with two attached hydrogens (primary N) is 2. The Hall–Kier alpha value is -2.15. The first-order valence-corrected chi connectivity index (χ1v) is 6.99. The van der Waals surface area contributed by atoms with E-state index in [0.717, 1.165) is 25.9 Å². The number of anilines is 1. The zero-order valence-electron chi connectivity index (χ0n) is 12.0.